The molecule has 0 bridgehead atoms. The number of pyridine rings is 1. The first-order valence-electron chi connectivity index (χ1n) is 8.66. The zero-order chi connectivity index (χ0) is 17.6. The van der Waals surface area contributed by atoms with Crippen LogP contribution in [0.4, 0.5) is 0 Å². The van der Waals surface area contributed by atoms with Crippen LogP contribution in [0.25, 0.3) is 0 Å². The number of hydrogen-bond donors (Lipinski definition) is 0. The van der Waals surface area contributed by atoms with Gasteiger partial charge in [0, 0.05) is 0 Å². The van der Waals surface area contributed by atoms with Gasteiger partial charge in [-0.05, 0) is 43.2 Å². The Labute approximate surface area is 146 Å². The summed E-state index contributed by atoms with van der Waals surface area (Å²) in [5.74, 6) is -0.103. The third-order valence-corrected chi connectivity index (χ3v) is 5.52. The van der Waals surface area contributed by atoms with E-state index in [-0.39, 0.29) is 30.3 Å². The Kier molecular flexibility index (Phi) is 3.87. The van der Waals surface area contributed by atoms with Crippen LogP contribution in [0.3, 0.4) is 0 Å². The van der Waals surface area contributed by atoms with E-state index in [2.05, 4.69) is 11.9 Å². The molecular weight excluding hydrogens is 322 g/mol. The van der Waals surface area contributed by atoms with Crippen LogP contribution < -0.4 is 0 Å². The zero-order valence-electron chi connectivity index (χ0n) is 14.4. The van der Waals surface area contributed by atoms with Gasteiger partial charge in [0.1, 0.15) is 17.4 Å². The highest BCUT2D eigenvalue weighted by Crippen LogP contribution is 2.55. The van der Waals surface area contributed by atoms with E-state index in [9.17, 15) is 9.59 Å². The van der Waals surface area contributed by atoms with E-state index in [0.29, 0.717) is 17.2 Å². The highest BCUT2D eigenvalue weighted by molar-refractivity contribution is 5.94. The predicted molar refractivity (Wildman–Crippen MR) is 87.6 cm³/mol. The molecule has 2 aliphatic carbocycles. The maximum atomic E-state index is 12.3. The number of hydrogen-bond acceptors (Lipinski definition) is 6. The molecule has 0 spiro atoms. The summed E-state index contributed by atoms with van der Waals surface area (Å²) < 4.78 is 16.6. The minimum absolute atomic E-state index is 0.215. The van der Waals surface area contributed by atoms with Crippen molar-refractivity contribution in [3.63, 3.8) is 0 Å². The number of rotatable bonds is 4. The number of methoxy groups -OCH3 is 1. The van der Waals surface area contributed by atoms with E-state index in [1.807, 2.05) is 6.08 Å². The second-order valence-electron chi connectivity index (χ2n) is 7.05. The topological polar surface area (TPSA) is 74.7 Å². The van der Waals surface area contributed by atoms with Gasteiger partial charge in [0.2, 0.25) is 0 Å². The summed E-state index contributed by atoms with van der Waals surface area (Å²) in [6, 6.07) is 5.16. The van der Waals surface area contributed by atoms with Crippen LogP contribution in [0.1, 0.15) is 42.4 Å². The molecule has 3 aliphatic rings. The van der Waals surface area contributed by atoms with Crippen molar-refractivity contribution in [3.05, 3.63) is 41.2 Å². The molecule has 0 N–H and O–H groups in total. The maximum Gasteiger partial charge on any atom is 0.356 e. The third-order valence-electron chi connectivity index (χ3n) is 5.52. The molecule has 6 heteroatoms. The quantitative estimate of drug-likeness (QED) is 0.782. The van der Waals surface area contributed by atoms with E-state index in [0.717, 1.165) is 19.3 Å². The predicted octanol–water partition coefficient (Wildman–Crippen LogP) is 2.43. The fourth-order valence-corrected chi connectivity index (χ4v) is 4.49. The Morgan fingerprint density at radius 1 is 1.40 bits per heavy atom. The van der Waals surface area contributed by atoms with E-state index in [1.54, 1.807) is 18.2 Å². The molecule has 0 aromatic carbocycles. The Bertz CT molecular complexity index is 758. The minimum atomic E-state index is -0.660. The van der Waals surface area contributed by atoms with Crippen LogP contribution in [0.2, 0.25) is 0 Å². The number of allylic oxidation sites excluding steroid dienone is 1. The van der Waals surface area contributed by atoms with Crippen molar-refractivity contribution in [2.45, 2.75) is 44.5 Å². The number of carbonyl (C=O) groups is 2. The molecule has 2 fully saturated rings. The SMILES string of the molecule is COC(=O)c1cccc(CO[C@@]23C4=C[C@H](C)C[C@@H]2CC[C@@H]3OC4=O)n1. The summed E-state index contributed by atoms with van der Waals surface area (Å²) in [7, 11) is 1.32. The Hall–Kier alpha value is -2.21. The smallest absolute Gasteiger partial charge is 0.356 e. The van der Waals surface area contributed by atoms with Gasteiger partial charge in [-0.2, -0.15) is 0 Å². The Morgan fingerprint density at radius 2 is 2.24 bits per heavy atom. The summed E-state index contributed by atoms with van der Waals surface area (Å²) in [5, 5.41) is 0. The molecule has 1 aliphatic heterocycles. The third kappa shape index (κ3) is 2.47. The zero-order valence-corrected chi connectivity index (χ0v) is 14.4. The van der Waals surface area contributed by atoms with Crippen LogP contribution in [0.5, 0.6) is 0 Å². The maximum absolute atomic E-state index is 12.3. The van der Waals surface area contributed by atoms with E-state index >= 15 is 0 Å². The first-order chi connectivity index (χ1) is 12.0. The van der Waals surface area contributed by atoms with Crippen molar-refractivity contribution in [3.8, 4) is 0 Å². The number of nitrogens with zero attached hydrogens (tertiary/aromatic N) is 1. The van der Waals surface area contributed by atoms with E-state index in [1.165, 1.54) is 7.11 Å². The second-order valence-corrected chi connectivity index (χ2v) is 7.05. The Morgan fingerprint density at radius 3 is 3.04 bits per heavy atom. The Balaban J connectivity index is 1.61. The summed E-state index contributed by atoms with van der Waals surface area (Å²) in [6.07, 6.45) is 4.60. The van der Waals surface area contributed by atoms with Crippen LogP contribution >= 0.6 is 0 Å². The number of ether oxygens (including phenoxy) is 3. The number of esters is 2. The molecule has 1 saturated heterocycles. The van der Waals surface area contributed by atoms with Gasteiger partial charge in [0.15, 0.2) is 0 Å². The molecule has 4 rings (SSSR count). The van der Waals surface area contributed by atoms with Crippen molar-refractivity contribution in [1.29, 1.82) is 0 Å². The van der Waals surface area contributed by atoms with Gasteiger partial charge in [-0.1, -0.05) is 19.1 Å². The molecule has 6 nitrogen and oxygen atoms in total. The van der Waals surface area contributed by atoms with Gasteiger partial charge in [0.05, 0.1) is 25.0 Å². The molecule has 25 heavy (non-hydrogen) atoms. The summed E-state index contributed by atoms with van der Waals surface area (Å²) in [4.78, 5) is 28.2. The molecule has 132 valence electrons. The standard InChI is InChI=1S/C19H21NO5/c1-11-8-12-6-7-16-19(12,14(9-11)17(21)25-16)24-10-13-4-3-5-15(20-13)18(22)23-2/h3-5,9,11-12,16H,6-8,10H2,1-2H3/t11-,12+,16+,19-/m1/s1. The average Bonchev–Trinajstić information content (AvgIpc) is 3.10. The monoisotopic (exact) mass is 343 g/mol. The van der Waals surface area contributed by atoms with E-state index < -0.39 is 11.6 Å². The normalized spacial score (nSPS) is 32.8. The van der Waals surface area contributed by atoms with Gasteiger partial charge in [-0.3, -0.25) is 0 Å². The lowest BCUT2D eigenvalue weighted by Gasteiger charge is -2.38. The summed E-state index contributed by atoms with van der Waals surface area (Å²) >= 11 is 0. The molecule has 1 aromatic rings. The second kappa shape index (κ2) is 5.95. The highest BCUT2D eigenvalue weighted by Gasteiger charge is 2.63. The van der Waals surface area contributed by atoms with Crippen molar-refractivity contribution in [2.75, 3.05) is 7.11 Å². The van der Waals surface area contributed by atoms with Crippen molar-refractivity contribution >= 4 is 11.9 Å². The van der Waals surface area contributed by atoms with Crippen LogP contribution in [-0.2, 0) is 25.6 Å². The van der Waals surface area contributed by atoms with Gasteiger partial charge in [-0.25, -0.2) is 14.6 Å². The highest BCUT2D eigenvalue weighted by atomic mass is 16.6. The van der Waals surface area contributed by atoms with Gasteiger partial charge < -0.3 is 14.2 Å². The van der Waals surface area contributed by atoms with Gasteiger partial charge in [-0.15, -0.1) is 0 Å². The van der Waals surface area contributed by atoms with Gasteiger partial charge >= 0.3 is 11.9 Å². The largest absolute Gasteiger partial charge is 0.464 e. The van der Waals surface area contributed by atoms with Crippen molar-refractivity contribution in [2.24, 2.45) is 11.8 Å². The van der Waals surface area contributed by atoms with Crippen molar-refractivity contribution < 1.29 is 23.8 Å². The van der Waals surface area contributed by atoms with Crippen LogP contribution in [0, 0.1) is 11.8 Å². The minimum Gasteiger partial charge on any atom is -0.464 e. The lowest BCUT2D eigenvalue weighted by Crippen LogP contribution is -2.46. The lowest BCUT2D eigenvalue weighted by atomic mass is 9.73. The molecule has 1 saturated carbocycles. The molecule has 1 aromatic heterocycles. The first-order valence-corrected chi connectivity index (χ1v) is 8.66. The molecule has 4 atom stereocenters. The molecular formula is C19H21NO5. The fourth-order valence-electron chi connectivity index (χ4n) is 4.49. The fraction of sp³-hybridized carbons (Fsp3) is 0.526. The molecule has 2 heterocycles. The molecule has 0 unspecified atom stereocenters. The summed E-state index contributed by atoms with van der Waals surface area (Å²) in [6.45, 7) is 2.34. The molecule has 0 radical (unpaired) electrons. The number of carbonyl (C=O) groups excluding carboxylic acids is 2. The van der Waals surface area contributed by atoms with E-state index in [4.69, 9.17) is 14.2 Å². The average molecular weight is 343 g/mol. The number of aromatic nitrogens is 1. The first kappa shape index (κ1) is 16.3. The van der Waals surface area contributed by atoms with Gasteiger partial charge in [0.25, 0.3) is 0 Å². The van der Waals surface area contributed by atoms with Crippen LogP contribution in [-0.4, -0.2) is 35.7 Å². The summed E-state index contributed by atoms with van der Waals surface area (Å²) in [5.41, 5.74) is 0.889. The van der Waals surface area contributed by atoms with Crippen molar-refractivity contribution in [1.82, 2.24) is 4.98 Å². The molecule has 0 amide bonds. The lowest BCUT2D eigenvalue weighted by molar-refractivity contribution is -0.142. The van der Waals surface area contributed by atoms with Crippen LogP contribution in [0.15, 0.2) is 29.8 Å².